The molecule has 0 spiro atoms. The van der Waals surface area contributed by atoms with E-state index in [2.05, 4.69) is 38.2 Å². The van der Waals surface area contributed by atoms with Crippen molar-refractivity contribution in [3.63, 3.8) is 0 Å². The molecule has 1 fully saturated rings. The van der Waals surface area contributed by atoms with Gasteiger partial charge >= 0.3 is 0 Å². The third kappa shape index (κ3) is 5.61. The second-order valence-electron chi connectivity index (χ2n) is 7.73. The first-order chi connectivity index (χ1) is 16.0. The Morgan fingerprint density at radius 3 is 2.67 bits per heavy atom. The van der Waals surface area contributed by atoms with Gasteiger partial charge in [0.25, 0.3) is 5.91 Å². The minimum Gasteiger partial charge on any atom is -0.354 e. The van der Waals surface area contributed by atoms with E-state index in [1.54, 1.807) is 31.7 Å². The highest BCUT2D eigenvalue weighted by Gasteiger charge is 2.24. The van der Waals surface area contributed by atoms with Crippen molar-refractivity contribution in [1.82, 2.24) is 15.4 Å². The minimum absolute atomic E-state index is 0.284. The predicted octanol–water partition coefficient (Wildman–Crippen LogP) is 5.69. The van der Waals surface area contributed by atoms with Crippen LogP contribution in [-0.4, -0.2) is 28.7 Å². The van der Waals surface area contributed by atoms with Gasteiger partial charge in [0.1, 0.15) is 17.5 Å². The van der Waals surface area contributed by atoms with E-state index in [1.165, 1.54) is 36.7 Å². The number of pyridine rings is 2. The third-order valence-electron chi connectivity index (χ3n) is 5.28. The van der Waals surface area contributed by atoms with Gasteiger partial charge in [0.2, 0.25) is 0 Å². The van der Waals surface area contributed by atoms with Gasteiger partial charge in [-0.15, -0.1) is 11.8 Å². The van der Waals surface area contributed by atoms with Crippen molar-refractivity contribution in [2.45, 2.75) is 37.5 Å². The third-order valence-corrected chi connectivity index (χ3v) is 6.06. The molecule has 0 radical (unpaired) electrons. The summed E-state index contributed by atoms with van der Waals surface area (Å²) < 4.78 is 13.6. The molecule has 0 bridgehead atoms. The number of aryl methyl sites for hydroxylation is 1. The Balaban J connectivity index is 1.66. The second-order valence-corrected chi connectivity index (χ2v) is 8.58. The normalized spacial score (nSPS) is 13.0. The van der Waals surface area contributed by atoms with E-state index in [9.17, 15) is 9.18 Å². The molecule has 3 aromatic rings. The summed E-state index contributed by atoms with van der Waals surface area (Å²) in [5.41, 5.74) is 5.82. The van der Waals surface area contributed by atoms with Gasteiger partial charge in [-0.05, 0) is 68.7 Å². The fourth-order valence-electron chi connectivity index (χ4n) is 3.37. The number of amides is 1. The molecule has 2 heterocycles. The van der Waals surface area contributed by atoms with Crippen molar-refractivity contribution in [1.29, 1.82) is 0 Å². The Hall–Kier alpha value is -3.17. The van der Waals surface area contributed by atoms with Gasteiger partial charge in [0.05, 0.1) is 29.2 Å². The molecular formula is C24H26FN5O2S. The lowest BCUT2D eigenvalue weighted by molar-refractivity contribution is 0.0365. The molecule has 0 aliphatic heterocycles. The minimum atomic E-state index is -0.408. The summed E-state index contributed by atoms with van der Waals surface area (Å²) in [5.74, 6) is 0.787. The highest BCUT2D eigenvalue weighted by molar-refractivity contribution is 7.98. The monoisotopic (exact) mass is 467 g/mol. The van der Waals surface area contributed by atoms with Crippen molar-refractivity contribution < 1.29 is 14.0 Å². The van der Waals surface area contributed by atoms with Crippen molar-refractivity contribution >= 4 is 40.7 Å². The maximum Gasteiger partial charge on any atom is 0.278 e. The molecule has 1 saturated carbocycles. The Morgan fingerprint density at radius 1 is 1.15 bits per heavy atom. The van der Waals surface area contributed by atoms with Gasteiger partial charge < -0.3 is 10.6 Å². The molecule has 4 rings (SSSR count). The van der Waals surface area contributed by atoms with Crippen LogP contribution in [0.2, 0.25) is 0 Å². The van der Waals surface area contributed by atoms with Crippen molar-refractivity contribution in [2.75, 3.05) is 23.5 Å². The molecule has 3 N–H and O–H groups in total. The zero-order chi connectivity index (χ0) is 23.4. The molecule has 0 unspecified atom stereocenters. The lowest BCUT2D eigenvalue weighted by Gasteiger charge is -2.16. The van der Waals surface area contributed by atoms with Crippen LogP contribution in [0, 0.1) is 12.7 Å². The molecule has 9 heteroatoms. The van der Waals surface area contributed by atoms with E-state index in [-0.39, 0.29) is 11.5 Å². The van der Waals surface area contributed by atoms with Gasteiger partial charge in [-0.1, -0.05) is 6.07 Å². The van der Waals surface area contributed by atoms with Gasteiger partial charge in [0, 0.05) is 17.2 Å². The lowest BCUT2D eigenvalue weighted by atomic mass is 10.1. The topological polar surface area (TPSA) is 88.2 Å². The van der Waals surface area contributed by atoms with Crippen LogP contribution >= 0.6 is 11.8 Å². The fourth-order valence-corrected chi connectivity index (χ4v) is 3.97. The van der Waals surface area contributed by atoms with Gasteiger partial charge in [-0.2, -0.15) is 0 Å². The molecule has 1 amide bonds. The van der Waals surface area contributed by atoms with E-state index < -0.39 is 5.91 Å². The van der Waals surface area contributed by atoms with Crippen LogP contribution in [-0.2, 0) is 4.84 Å². The number of nitrogens with zero attached hydrogens (tertiary/aromatic N) is 2. The number of nitrogens with one attached hydrogen (secondary N) is 3. The largest absolute Gasteiger partial charge is 0.354 e. The Kier molecular flexibility index (Phi) is 7.10. The number of hydrogen-bond donors (Lipinski definition) is 3. The number of carbonyl (C=O) groups excluding carboxylic acids is 1. The molecule has 1 aliphatic rings. The van der Waals surface area contributed by atoms with Crippen LogP contribution in [0.15, 0.2) is 47.5 Å². The molecular weight excluding hydrogens is 441 g/mol. The number of aromatic nitrogens is 2. The molecule has 7 nitrogen and oxygen atoms in total. The predicted molar refractivity (Wildman–Crippen MR) is 129 cm³/mol. The summed E-state index contributed by atoms with van der Waals surface area (Å²) in [6.45, 7) is 3.72. The molecule has 0 saturated heterocycles. The van der Waals surface area contributed by atoms with Crippen molar-refractivity contribution in [3.8, 4) is 0 Å². The summed E-state index contributed by atoms with van der Waals surface area (Å²) in [7, 11) is 0. The number of hydrogen-bond acceptors (Lipinski definition) is 7. The number of hydroxylamine groups is 1. The lowest BCUT2D eigenvalue weighted by Crippen LogP contribution is -2.24. The van der Waals surface area contributed by atoms with E-state index in [1.807, 2.05) is 12.3 Å². The van der Waals surface area contributed by atoms with Gasteiger partial charge in [-0.3, -0.25) is 9.63 Å². The molecule has 0 atom stereocenters. The highest BCUT2D eigenvalue weighted by atomic mass is 32.2. The number of benzene rings is 1. The summed E-state index contributed by atoms with van der Waals surface area (Å²) in [6.07, 6.45) is 5.96. The number of carbonyl (C=O) groups is 1. The van der Waals surface area contributed by atoms with Crippen molar-refractivity contribution in [2.24, 2.45) is 0 Å². The molecule has 172 valence electrons. The first kappa shape index (κ1) is 23.0. The van der Waals surface area contributed by atoms with Gasteiger partial charge in [-0.25, -0.2) is 19.8 Å². The quantitative estimate of drug-likeness (QED) is 0.275. The number of thioether (sulfide) groups is 1. The van der Waals surface area contributed by atoms with Crippen LogP contribution in [0.4, 0.5) is 27.4 Å². The molecule has 1 aromatic carbocycles. The summed E-state index contributed by atoms with van der Waals surface area (Å²) in [6, 6.07) is 11.0. The highest BCUT2D eigenvalue weighted by Crippen LogP contribution is 2.42. The van der Waals surface area contributed by atoms with Gasteiger partial charge in [0.15, 0.2) is 0 Å². The van der Waals surface area contributed by atoms with E-state index in [0.29, 0.717) is 35.4 Å². The average molecular weight is 468 g/mol. The standard InChI is InChI=1S/C24H26FN5O2S/c1-4-32-30-24(31)17-13-26-23(29-22-10-8-18(25)14(2)27-22)12-20(17)28-19-9-7-16(15-5-6-15)11-21(19)33-3/h7-13,15H,4-6H2,1-3H3,(H,30,31)(H2,26,27,28,29). The fraction of sp³-hybridized carbons (Fsp3) is 0.292. The zero-order valence-electron chi connectivity index (χ0n) is 18.7. The van der Waals surface area contributed by atoms with Crippen LogP contribution in [0.1, 0.15) is 47.3 Å². The molecule has 2 aromatic heterocycles. The van der Waals surface area contributed by atoms with Crippen LogP contribution in [0.5, 0.6) is 0 Å². The van der Waals surface area contributed by atoms with Crippen molar-refractivity contribution in [3.05, 3.63) is 65.2 Å². The van der Waals surface area contributed by atoms with Crippen LogP contribution in [0.3, 0.4) is 0 Å². The molecule has 1 aliphatic carbocycles. The number of halogens is 1. The van der Waals surface area contributed by atoms with E-state index in [0.717, 1.165) is 10.6 Å². The Morgan fingerprint density at radius 2 is 1.97 bits per heavy atom. The maximum atomic E-state index is 13.6. The smallest absolute Gasteiger partial charge is 0.278 e. The van der Waals surface area contributed by atoms with E-state index >= 15 is 0 Å². The molecule has 33 heavy (non-hydrogen) atoms. The first-order valence-electron chi connectivity index (χ1n) is 10.8. The Bertz CT molecular complexity index is 1170. The number of anilines is 4. The van der Waals surface area contributed by atoms with E-state index in [4.69, 9.17) is 4.84 Å². The van der Waals surface area contributed by atoms with Crippen LogP contribution in [0.25, 0.3) is 0 Å². The second kappa shape index (κ2) is 10.2. The number of rotatable bonds is 9. The maximum absolute atomic E-state index is 13.6. The first-order valence-corrected chi connectivity index (χ1v) is 12.0. The van der Waals surface area contributed by atoms with Crippen LogP contribution < -0.4 is 16.1 Å². The zero-order valence-corrected chi connectivity index (χ0v) is 19.6. The summed E-state index contributed by atoms with van der Waals surface area (Å²) in [5, 5.41) is 6.46. The Labute approximate surface area is 196 Å². The SMILES string of the molecule is CCONC(=O)c1cnc(Nc2ccc(F)c(C)n2)cc1Nc1ccc(C2CC2)cc1SC. The summed E-state index contributed by atoms with van der Waals surface area (Å²) in [4.78, 5) is 27.4. The average Bonchev–Trinajstić information content (AvgIpc) is 3.66. The summed E-state index contributed by atoms with van der Waals surface area (Å²) >= 11 is 1.65.